The summed E-state index contributed by atoms with van der Waals surface area (Å²) >= 11 is 0. The first kappa shape index (κ1) is 12.1. The molecule has 1 aromatic rings. The van der Waals surface area contributed by atoms with Crippen LogP contribution in [0.4, 0.5) is 0 Å². The zero-order chi connectivity index (χ0) is 12.1. The maximum Gasteiger partial charge on any atom is 0.275 e. The number of rotatable bonds is 4. The van der Waals surface area contributed by atoms with Crippen molar-refractivity contribution in [3.8, 4) is 0 Å². The van der Waals surface area contributed by atoms with Gasteiger partial charge in [-0.25, -0.2) is 0 Å². The van der Waals surface area contributed by atoms with Gasteiger partial charge in [0.25, 0.3) is 5.91 Å². The molecule has 1 N–H and O–H groups in total. The minimum Gasteiger partial charge on any atom is -0.364 e. The molecule has 0 atom stereocenters. The zero-order valence-corrected chi connectivity index (χ0v) is 10.1. The number of aromatic nitrogens is 1. The van der Waals surface area contributed by atoms with Crippen molar-refractivity contribution in [3.63, 3.8) is 0 Å². The smallest absolute Gasteiger partial charge is 0.275 e. The van der Waals surface area contributed by atoms with Crippen LogP contribution < -0.4 is 5.32 Å². The Hall–Kier alpha value is -1.40. The minimum atomic E-state index is -0.0890. The molecule has 1 saturated heterocycles. The third kappa shape index (κ3) is 3.28. The van der Waals surface area contributed by atoms with Gasteiger partial charge in [-0.05, 0) is 0 Å². The lowest BCUT2D eigenvalue weighted by Crippen LogP contribution is -2.46. The molecule has 0 unspecified atom stereocenters. The number of amides is 1. The Morgan fingerprint density at radius 2 is 2.35 bits per heavy atom. The van der Waals surface area contributed by atoms with E-state index in [4.69, 9.17) is 0 Å². The molecule has 0 aromatic carbocycles. The summed E-state index contributed by atoms with van der Waals surface area (Å²) in [6.45, 7) is 5.77. The molecule has 0 spiro atoms. The fourth-order valence-electron chi connectivity index (χ4n) is 1.85. The summed E-state index contributed by atoms with van der Waals surface area (Å²) in [4.78, 5) is 15.9. The van der Waals surface area contributed by atoms with Gasteiger partial charge in [0.15, 0.2) is 5.69 Å². The first-order chi connectivity index (χ1) is 8.27. The van der Waals surface area contributed by atoms with Crippen LogP contribution in [0.25, 0.3) is 0 Å². The highest BCUT2D eigenvalue weighted by molar-refractivity contribution is 5.91. The van der Waals surface area contributed by atoms with E-state index in [-0.39, 0.29) is 5.91 Å². The Kier molecular flexibility index (Phi) is 4.11. The van der Waals surface area contributed by atoms with Gasteiger partial charge in [0, 0.05) is 52.4 Å². The first-order valence-corrected chi connectivity index (χ1v) is 5.86. The Morgan fingerprint density at radius 1 is 1.59 bits per heavy atom. The van der Waals surface area contributed by atoms with Crippen LogP contribution in [-0.4, -0.2) is 67.2 Å². The van der Waals surface area contributed by atoms with Crippen LogP contribution in [0.3, 0.4) is 0 Å². The highest BCUT2D eigenvalue weighted by atomic mass is 16.5. The van der Waals surface area contributed by atoms with Crippen molar-refractivity contribution in [3.05, 3.63) is 18.0 Å². The van der Waals surface area contributed by atoms with Crippen LogP contribution in [0.15, 0.2) is 16.9 Å². The molecule has 0 saturated carbocycles. The molecule has 1 aliphatic rings. The maximum atomic E-state index is 11.9. The van der Waals surface area contributed by atoms with Gasteiger partial charge in [-0.1, -0.05) is 5.16 Å². The molecule has 17 heavy (non-hydrogen) atoms. The van der Waals surface area contributed by atoms with E-state index in [0.29, 0.717) is 12.2 Å². The lowest BCUT2D eigenvalue weighted by molar-refractivity contribution is 0.0764. The molecule has 6 heteroatoms. The highest BCUT2D eigenvalue weighted by Gasteiger charge is 2.16. The van der Waals surface area contributed by atoms with Crippen molar-refractivity contribution in [2.24, 2.45) is 0 Å². The number of hydrogen-bond acceptors (Lipinski definition) is 5. The van der Waals surface area contributed by atoms with E-state index in [0.717, 1.165) is 32.7 Å². The molecular formula is C11H18N4O2. The van der Waals surface area contributed by atoms with E-state index >= 15 is 0 Å². The van der Waals surface area contributed by atoms with E-state index < -0.39 is 0 Å². The van der Waals surface area contributed by atoms with Crippen LogP contribution in [0.2, 0.25) is 0 Å². The number of hydrogen-bond donors (Lipinski definition) is 1. The van der Waals surface area contributed by atoms with Crippen LogP contribution in [0, 0.1) is 0 Å². The molecule has 0 bridgehead atoms. The Bertz CT molecular complexity index is 346. The van der Waals surface area contributed by atoms with Gasteiger partial charge in [0.05, 0.1) is 0 Å². The Balaban J connectivity index is 1.76. The van der Waals surface area contributed by atoms with Gasteiger partial charge in [-0.3, -0.25) is 9.69 Å². The highest BCUT2D eigenvalue weighted by Crippen LogP contribution is 2.00. The van der Waals surface area contributed by atoms with Crippen LogP contribution in [0.1, 0.15) is 10.5 Å². The van der Waals surface area contributed by atoms with E-state index in [9.17, 15) is 4.79 Å². The number of nitrogens with zero attached hydrogens (tertiary/aromatic N) is 3. The number of carbonyl (C=O) groups is 1. The predicted octanol–water partition coefficient (Wildman–Crippen LogP) is -0.348. The fourth-order valence-corrected chi connectivity index (χ4v) is 1.85. The normalized spacial score (nSPS) is 17.0. The lowest BCUT2D eigenvalue weighted by atomic mass is 10.3. The summed E-state index contributed by atoms with van der Waals surface area (Å²) in [7, 11) is 1.79. The van der Waals surface area contributed by atoms with Crippen molar-refractivity contribution >= 4 is 5.91 Å². The number of nitrogens with one attached hydrogen (secondary N) is 1. The standard InChI is InChI=1S/C11H18N4O2/c1-14(11(16)10-2-9-17-13-10)7-8-15-5-3-12-4-6-15/h2,9,12H,3-8H2,1H3. The molecular weight excluding hydrogens is 220 g/mol. The average molecular weight is 238 g/mol. The SMILES string of the molecule is CN(CCN1CCNCC1)C(=O)c1ccon1. The van der Waals surface area contributed by atoms with Crippen molar-refractivity contribution < 1.29 is 9.32 Å². The molecule has 2 rings (SSSR count). The molecule has 6 nitrogen and oxygen atoms in total. The van der Waals surface area contributed by atoms with Crippen molar-refractivity contribution in [1.82, 2.24) is 20.3 Å². The summed E-state index contributed by atoms with van der Waals surface area (Å²) in [5.41, 5.74) is 0.368. The molecule has 94 valence electrons. The van der Waals surface area contributed by atoms with Gasteiger partial charge >= 0.3 is 0 Å². The van der Waals surface area contributed by atoms with Gasteiger partial charge in [0.1, 0.15) is 6.26 Å². The third-order valence-electron chi connectivity index (χ3n) is 2.96. The summed E-state index contributed by atoms with van der Waals surface area (Å²) in [5.74, 6) is -0.0890. The number of carbonyl (C=O) groups excluding carboxylic acids is 1. The summed E-state index contributed by atoms with van der Waals surface area (Å²) in [6.07, 6.45) is 1.41. The quantitative estimate of drug-likeness (QED) is 0.777. The summed E-state index contributed by atoms with van der Waals surface area (Å²) in [6, 6.07) is 1.59. The van der Waals surface area contributed by atoms with E-state index in [1.165, 1.54) is 6.26 Å². The second-order valence-electron chi connectivity index (χ2n) is 4.20. The predicted molar refractivity (Wildman–Crippen MR) is 62.8 cm³/mol. The Morgan fingerprint density at radius 3 is 3.00 bits per heavy atom. The maximum absolute atomic E-state index is 11.9. The molecule has 1 aliphatic heterocycles. The van der Waals surface area contributed by atoms with Crippen LogP contribution in [0.5, 0.6) is 0 Å². The largest absolute Gasteiger partial charge is 0.364 e. The number of piperazine rings is 1. The van der Waals surface area contributed by atoms with Crippen molar-refractivity contribution in [1.29, 1.82) is 0 Å². The summed E-state index contributed by atoms with van der Waals surface area (Å²) in [5, 5.41) is 6.95. The second kappa shape index (κ2) is 5.79. The molecule has 0 radical (unpaired) electrons. The molecule has 0 aliphatic carbocycles. The summed E-state index contributed by atoms with van der Waals surface area (Å²) < 4.78 is 4.66. The van der Waals surface area contributed by atoms with Crippen LogP contribution >= 0.6 is 0 Å². The molecule has 1 amide bonds. The fraction of sp³-hybridized carbons (Fsp3) is 0.636. The molecule has 1 aromatic heterocycles. The van der Waals surface area contributed by atoms with E-state index in [1.807, 2.05) is 0 Å². The van der Waals surface area contributed by atoms with Crippen molar-refractivity contribution in [2.75, 3.05) is 46.3 Å². The van der Waals surface area contributed by atoms with E-state index in [2.05, 4.69) is 19.9 Å². The first-order valence-electron chi connectivity index (χ1n) is 5.86. The number of likely N-dealkylation sites (N-methyl/N-ethyl adjacent to an activating group) is 1. The zero-order valence-electron chi connectivity index (χ0n) is 10.1. The van der Waals surface area contributed by atoms with E-state index in [1.54, 1.807) is 18.0 Å². The van der Waals surface area contributed by atoms with Crippen molar-refractivity contribution in [2.45, 2.75) is 0 Å². The Labute approximate surface area is 101 Å². The second-order valence-corrected chi connectivity index (χ2v) is 4.20. The van der Waals surface area contributed by atoms with Gasteiger partial charge in [-0.15, -0.1) is 0 Å². The average Bonchev–Trinajstić information content (AvgIpc) is 2.90. The van der Waals surface area contributed by atoms with Gasteiger partial charge in [0.2, 0.25) is 0 Å². The molecule has 2 heterocycles. The topological polar surface area (TPSA) is 61.6 Å². The lowest BCUT2D eigenvalue weighted by Gasteiger charge is -2.28. The van der Waals surface area contributed by atoms with Crippen LogP contribution in [-0.2, 0) is 0 Å². The minimum absolute atomic E-state index is 0.0890. The third-order valence-corrected chi connectivity index (χ3v) is 2.96. The van der Waals surface area contributed by atoms with Gasteiger partial charge in [-0.2, -0.15) is 0 Å². The van der Waals surface area contributed by atoms with Gasteiger partial charge < -0.3 is 14.7 Å². The monoisotopic (exact) mass is 238 g/mol. The molecule has 1 fully saturated rings.